The highest BCUT2D eigenvalue weighted by Crippen LogP contribution is 2.20. The van der Waals surface area contributed by atoms with E-state index < -0.39 is 10.0 Å². The number of hydrogen-bond acceptors (Lipinski definition) is 2. The Labute approximate surface area is 95.4 Å². The summed E-state index contributed by atoms with van der Waals surface area (Å²) < 4.78 is 25.0. The van der Waals surface area contributed by atoms with Crippen molar-refractivity contribution in [2.24, 2.45) is 0 Å². The summed E-state index contributed by atoms with van der Waals surface area (Å²) in [5, 5.41) is 1.98. The van der Waals surface area contributed by atoms with Crippen molar-refractivity contribution in [1.82, 2.24) is 4.31 Å². The first-order valence-electron chi connectivity index (χ1n) is 4.93. The smallest absolute Gasteiger partial charge is 0.207 e. The van der Waals surface area contributed by atoms with Gasteiger partial charge in [-0.3, -0.25) is 0 Å². The minimum atomic E-state index is -3.34. The van der Waals surface area contributed by atoms with E-state index in [0.29, 0.717) is 4.90 Å². The van der Waals surface area contributed by atoms with Crippen molar-refractivity contribution in [3.05, 3.63) is 42.5 Å². The van der Waals surface area contributed by atoms with Crippen LogP contribution in [0.2, 0.25) is 0 Å². The lowest BCUT2D eigenvalue weighted by Gasteiger charge is -2.11. The molecule has 2 rings (SSSR count). The fraction of sp³-hybridized carbons (Fsp3) is 0.167. The Morgan fingerprint density at radius 3 is 2.19 bits per heavy atom. The summed E-state index contributed by atoms with van der Waals surface area (Å²) in [7, 11) is -0.270. The van der Waals surface area contributed by atoms with Gasteiger partial charge in [0.15, 0.2) is 0 Å². The van der Waals surface area contributed by atoms with Gasteiger partial charge in [-0.15, -0.1) is 0 Å². The third-order valence-corrected chi connectivity index (χ3v) is 4.31. The Morgan fingerprint density at radius 2 is 1.56 bits per heavy atom. The summed E-state index contributed by atoms with van der Waals surface area (Å²) in [6.07, 6.45) is 0. The molecule has 0 saturated carbocycles. The summed E-state index contributed by atoms with van der Waals surface area (Å²) in [5.41, 5.74) is 0. The topological polar surface area (TPSA) is 37.4 Å². The zero-order valence-electron chi connectivity index (χ0n) is 9.21. The van der Waals surface area contributed by atoms with Crippen LogP contribution < -0.4 is 0 Å². The van der Waals surface area contributed by atoms with Crippen LogP contribution in [0.4, 0.5) is 0 Å². The lowest BCUT2D eigenvalue weighted by molar-refractivity contribution is 0.521. The van der Waals surface area contributed by atoms with Gasteiger partial charge in [0, 0.05) is 14.1 Å². The van der Waals surface area contributed by atoms with E-state index in [4.69, 9.17) is 0 Å². The van der Waals surface area contributed by atoms with Gasteiger partial charge in [-0.25, -0.2) is 12.7 Å². The first kappa shape index (κ1) is 11.1. The van der Waals surface area contributed by atoms with Crippen LogP contribution in [0.5, 0.6) is 0 Å². The molecule has 0 aromatic heterocycles. The first-order chi connectivity index (χ1) is 7.51. The molecule has 2 aromatic carbocycles. The van der Waals surface area contributed by atoms with E-state index in [2.05, 4.69) is 0 Å². The van der Waals surface area contributed by atoms with Gasteiger partial charge in [-0.2, -0.15) is 0 Å². The second-order valence-corrected chi connectivity index (χ2v) is 5.95. The van der Waals surface area contributed by atoms with E-state index in [9.17, 15) is 8.42 Å². The normalized spacial score (nSPS) is 12.2. The molecule has 4 heteroatoms. The molecule has 0 spiro atoms. The van der Waals surface area contributed by atoms with Gasteiger partial charge in [0.1, 0.15) is 0 Å². The second-order valence-electron chi connectivity index (χ2n) is 3.80. The number of sulfonamides is 1. The van der Waals surface area contributed by atoms with Crippen LogP contribution in [0.25, 0.3) is 10.8 Å². The van der Waals surface area contributed by atoms with E-state index in [1.807, 2.05) is 30.3 Å². The number of fused-ring (bicyclic) bond motifs is 1. The van der Waals surface area contributed by atoms with Crippen molar-refractivity contribution < 1.29 is 8.42 Å². The zero-order valence-corrected chi connectivity index (χ0v) is 10.0. The molecule has 0 aliphatic heterocycles. The van der Waals surface area contributed by atoms with Crippen LogP contribution in [-0.4, -0.2) is 26.8 Å². The van der Waals surface area contributed by atoms with Crippen LogP contribution in [0.3, 0.4) is 0 Å². The van der Waals surface area contributed by atoms with Crippen molar-refractivity contribution in [1.29, 1.82) is 0 Å². The summed E-state index contributed by atoms with van der Waals surface area (Å²) in [6.45, 7) is 0. The highest BCUT2D eigenvalue weighted by molar-refractivity contribution is 7.89. The van der Waals surface area contributed by atoms with Gasteiger partial charge in [-0.05, 0) is 22.9 Å². The molecule has 16 heavy (non-hydrogen) atoms. The average Bonchev–Trinajstić information content (AvgIpc) is 2.28. The minimum absolute atomic E-state index is 0.330. The summed E-state index contributed by atoms with van der Waals surface area (Å²) >= 11 is 0. The summed E-state index contributed by atoms with van der Waals surface area (Å²) in [5.74, 6) is 0. The van der Waals surface area contributed by atoms with E-state index in [-0.39, 0.29) is 0 Å². The van der Waals surface area contributed by atoms with Crippen LogP contribution in [0.15, 0.2) is 47.4 Å². The van der Waals surface area contributed by atoms with Gasteiger partial charge in [0.05, 0.1) is 4.90 Å². The Balaban J connectivity index is 2.65. The molecule has 0 heterocycles. The monoisotopic (exact) mass is 235 g/mol. The molecule has 0 radical (unpaired) electrons. The van der Waals surface area contributed by atoms with Crippen LogP contribution in [0, 0.1) is 0 Å². The Kier molecular flexibility index (Phi) is 2.69. The molecule has 2 aromatic rings. The Bertz CT molecular complexity index is 618. The fourth-order valence-corrected chi connectivity index (χ4v) is 2.48. The predicted octanol–water partition coefficient (Wildman–Crippen LogP) is 2.09. The largest absolute Gasteiger partial charge is 0.242 e. The molecular formula is C12H13NO2S. The molecular weight excluding hydrogens is 222 g/mol. The molecule has 0 aliphatic carbocycles. The van der Waals surface area contributed by atoms with E-state index in [0.717, 1.165) is 10.8 Å². The van der Waals surface area contributed by atoms with Gasteiger partial charge < -0.3 is 0 Å². The molecule has 0 aliphatic rings. The third kappa shape index (κ3) is 1.81. The maximum atomic E-state index is 11.9. The molecule has 0 bridgehead atoms. The minimum Gasteiger partial charge on any atom is -0.207 e. The van der Waals surface area contributed by atoms with Gasteiger partial charge >= 0.3 is 0 Å². The lowest BCUT2D eigenvalue weighted by atomic mass is 10.1. The molecule has 0 amide bonds. The molecule has 0 atom stereocenters. The van der Waals surface area contributed by atoms with Gasteiger partial charge in [0.25, 0.3) is 0 Å². The molecule has 84 valence electrons. The van der Waals surface area contributed by atoms with Crippen LogP contribution >= 0.6 is 0 Å². The second kappa shape index (κ2) is 3.88. The summed E-state index contributed by atoms with van der Waals surface area (Å²) in [4.78, 5) is 0.330. The number of nitrogens with zero attached hydrogens (tertiary/aromatic N) is 1. The van der Waals surface area contributed by atoms with E-state index >= 15 is 0 Å². The van der Waals surface area contributed by atoms with Crippen LogP contribution in [0.1, 0.15) is 0 Å². The lowest BCUT2D eigenvalue weighted by Crippen LogP contribution is -2.22. The van der Waals surface area contributed by atoms with Crippen molar-refractivity contribution >= 4 is 20.8 Å². The van der Waals surface area contributed by atoms with Crippen molar-refractivity contribution in [3.63, 3.8) is 0 Å². The molecule has 3 nitrogen and oxygen atoms in total. The zero-order chi connectivity index (χ0) is 11.8. The van der Waals surface area contributed by atoms with Gasteiger partial charge in [0.2, 0.25) is 10.0 Å². The maximum Gasteiger partial charge on any atom is 0.242 e. The van der Waals surface area contributed by atoms with Crippen molar-refractivity contribution in [2.45, 2.75) is 4.90 Å². The SMILES string of the molecule is CN(C)S(=O)(=O)c1ccc2ccccc2c1. The highest BCUT2D eigenvalue weighted by Gasteiger charge is 2.16. The van der Waals surface area contributed by atoms with Gasteiger partial charge in [-0.1, -0.05) is 30.3 Å². The average molecular weight is 235 g/mol. The molecule has 0 saturated heterocycles. The van der Waals surface area contributed by atoms with Crippen molar-refractivity contribution in [3.8, 4) is 0 Å². The quantitative estimate of drug-likeness (QED) is 0.799. The maximum absolute atomic E-state index is 11.9. The van der Waals surface area contributed by atoms with Crippen molar-refractivity contribution in [2.75, 3.05) is 14.1 Å². The summed E-state index contributed by atoms with van der Waals surface area (Å²) in [6, 6.07) is 12.9. The molecule has 0 fully saturated rings. The predicted molar refractivity (Wildman–Crippen MR) is 64.8 cm³/mol. The molecule has 0 N–H and O–H groups in total. The number of rotatable bonds is 2. The Hall–Kier alpha value is -1.39. The third-order valence-electron chi connectivity index (χ3n) is 2.50. The molecule has 0 unspecified atom stereocenters. The fourth-order valence-electron chi connectivity index (χ4n) is 1.54. The highest BCUT2D eigenvalue weighted by atomic mass is 32.2. The first-order valence-corrected chi connectivity index (χ1v) is 6.37. The Morgan fingerprint density at radius 1 is 0.938 bits per heavy atom. The van der Waals surface area contributed by atoms with E-state index in [1.165, 1.54) is 18.4 Å². The standard InChI is InChI=1S/C12H13NO2S/c1-13(2)16(14,15)12-8-7-10-5-3-4-6-11(10)9-12/h3-9H,1-2H3. The van der Waals surface area contributed by atoms with E-state index in [1.54, 1.807) is 12.1 Å². The number of hydrogen-bond donors (Lipinski definition) is 0. The van der Waals surface area contributed by atoms with Crippen LogP contribution in [-0.2, 0) is 10.0 Å². The number of benzene rings is 2.